The van der Waals surface area contributed by atoms with Crippen LogP contribution in [0.15, 0.2) is 24.3 Å². The summed E-state index contributed by atoms with van der Waals surface area (Å²) in [5, 5.41) is 3.07. The topological polar surface area (TPSA) is 141 Å². The Morgan fingerprint density at radius 1 is 1.22 bits per heavy atom. The van der Waals surface area contributed by atoms with E-state index in [4.69, 9.17) is 16.2 Å². The molecule has 1 atom stereocenters. The molecular formula is C22H29N5O4S. The number of ether oxygens (including phenoxy) is 1. The van der Waals surface area contributed by atoms with Gasteiger partial charge in [-0.2, -0.15) is 4.37 Å². The molecule has 0 bridgehead atoms. The number of nitrogen functional groups attached to an aromatic ring is 1. The molecule has 1 aliphatic carbocycles. The Balaban J connectivity index is 1.92. The maximum Gasteiger partial charge on any atom is 0.272 e. The van der Waals surface area contributed by atoms with E-state index in [1.165, 1.54) is 11.3 Å². The van der Waals surface area contributed by atoms with Crippen LogP contribution in [-0.2, 0) is 4.79 Å². The second-order valence-corrected chi connectivity index (χ2v) is 8.53. The van der Waals surface area contributed by atoms with Crippen molar-refractivity contribution in [3.05, 3.63) is 34.8 Å². The third-order valence-electron chi connectivity index (χ3n) is 5.52. The maximum atomic E-state index is 13.5. The molecule has 3 amide bonds. The molecule has 1 fully saturated rings. The maximum absolute atomic E-state index is 13.5. The number of rotatable bonds is 8. The first-order valence-electron chi connectivity index (χ1n) is 10.7. The first-order valence-corrected chi connectivity index (χ1v) is 11.5. The quantitative estimate of drug-likeness (QED) is 0.554. The van der Waals surface area contributed by atoms with Crippen LogP contribution in [0.1, 0.15) is 66.1 Å². The number of carbonyl (C=O) groups excluding carboxylic acids is 3. The number of nitrogens with two attached hydrogens (primary N) is 2. The number of carbonyl (C=O) groups is 3. The molecule has 5 N–H and O–H groups in total. The van der Waals surface area contributed by atoms with Crippen molar-refractivity contribution >= 4 is 40.6 Å². The van der Waals surface area contributed by atoms with Gasteiger partial charge in [-0.05, 0) is 62.5 Å². The molecule has 1 heterocycles. The minimum absolute atomic E-state index is 0.0602. The van der Waals surface area contributed by atoms with E-state index in [0.29, 0.717) is 18.0 Å². The summed E-state index contributed by atoms with van der Waals surface area (Å²) in [6, 6.07) is 6.16. The lowest BCUT2D eigenvalue weighted by molar-refractivity contribution is -0.122. The molecule has 0 saturated heterocycles. The van der Waals surface area contributed by atoms with Gasteiger partial charge in [0, 0.05) is 11.7 Å². The lowest BCUT2D eigenvalue weighted by Crippen LogP contribution is -2.51. The van der Waals surface area contributed by atoms with Crippen LogP contribution in [0.2, 0.25) is 0 Å². The van der Waals surface area contributed by atoms with Crippen LogP contribution in [0.4, 0.5) is 11.4 Å². The first kappa shape index (κ1) is 23.5. The van der Waals surface area contributed by atoms with Crippen molar-refractivity contribution in [3.63, 3.8) is 0 Å². The van der Waals surface area contributed by atoms with Gasteiger partial charge >= 0.3 is 0 Å². The number of hydrogen-bond acceptors (Lipinski definition) is 7. The summed E-state index contributed by atoms with van der Waals surface area (Å²) in [7, 11) is 0. The number of primary amides is 1. The number of hydrogen-bond donors (Lipinski definition) is 3. The van der Waals surface area contributed by atoms with Gasteiger partial charge in [-0.1, -0.05) is 19.3 Å². The standard InChI is InChI=1S/C22H29N5O4S/c1-3-31-16-11-9-15(10-12-16)27(13(2)21(29)25-14-7-5-4-6-8-14)22(30)19-17(23)18(20(24)28)26-32-19/h9-14H,3-8,23H2,1-2H3,(H2,24,28)(H,25,29)/t13-/m1/s1. The van der Waals surface area contributed by atoms with E-state index >= 15 is 0 Å². The summed E-state index contributed by atoms with van der Waals surface area (Å²) in [5.41, 5.74) is 11.6. The Hall–Kier alpha value is -3.14. The van der Waals surface area contributed by atoms with Gasteiger partial charge in [-0.3, -0.25) is 19.3 Å². The van der Waals surface area contributed by atoms with Crippen LogP contribution in [0.25, 0.3) is 0 Å². The number of amides is 3. The highest BCUT2D eigenvalue weighted by atomic mass is 32.1. The molecule has 9 nitrogen and oxygen atoms in total. The van der Waals surface area contributed by atoms with Gasteiger partial charge in [0.2, 0.25) is 5.91 Å². The van der Waals surface area contributed by atoms with Crippen molar-refractivity contribution in [1.29, 1.82) is 0 Å². The smallest absolute Gasteiger partial charge is 0.272 e. The summed E-state index contributed by atoms with van der Waals surface area (Å²) in [4.78, 5) is 39.6. The molecule has 0 spiro atoms. The van der Waals surface area contributed by atoms with Crippen LogP contribution >= 0.6 is 11.5 Å². The lowest BCUT2D eigenvalue weighted by atomic mass is 9.95. The predicted molar refractivity (Wildman–Crippen MR) is 124 cm³/mol. The first-order chi connectivity index (χ1) is 15.3. The molecule has 0 unspecified atom stereocenters. The number of aromatic nitrogens is 1. The molecule has 0 radical (unpaired) electrons. The average molecular weight is 460 g/mol. The van der Waals surface area contributed by atoms with E-state index < -0.39 is 17.9 Å². The zero-order valence-electron chi connectivity index (χ0n) is 18.3. The van der Waals surface area contributed by atoms with E-state index in [1.54, 1.807) is 31.2 Å². The van der Waals surface area contributed by atoms with Gasteiger partial charge < -0.3 is 21.5 Å². The monoisotopic (exact) mass is 459 g/mol. The van der Waals surface area contributed by atoms with Gasteiger partial charge in [0.25, 0.3) is 11.8 Å². The number of anilines is 2. The van der Waals surface area contributed by atoms with E-state index in [9.17, 15) is 14.4 Å². The van der Waals surface area contributed by atoms with E-state index in [1.807, 2.05) is 6.92 Å². The van der Waals surface area contributed by atoms with Crippen LogP contribution in [0.3, 0.4) is 0 Å². The van der Waals surface area contributed by atoms with Crippen molar-refractivity contribution in [2.75, 3.05) is 17.2 Å². The Morgan fingerprint density at radius 2 is 1.88 bits per heavy atom. The van der Waals surface area contributed by atoms with Crippen molar-refractivity contribution < 1.29 is 19.1 Å². The summed E-state index contributed by atoms with van der Waals surface area (Å²) < 4.78 is 9.40. The Bertz CT molecular complexity index is 969. The molecule has 0 aliphatic heterocycles. The second-order valence-electron chi connectivity index (χ2n) is 7.76. The average Bonchev–Trinajstić information content (AvgIpc) is 3.17. The zero-order chi connectivity index (χ0) is 23.3. The molecule has 1 aromatic carbocycles. The predicted octanol–water partition coefficient (Wildman–Crippen LogP) is 2.71. The van der Waals surface area contributed by atoms with E-state index in [-0.39, 0.29) is 28.2 Å². The van der Waals surface area contributed by atoms with Gasteiger partial charge in [0.05, 0.1) is 12.3 Å². The summed E-state index contributed by atoms with van der Waals surface area (Å²) in [6.45, 7) is 4.05. The van der Waals surface area contributed by atoms with Gasteiger partial charge in [0.1, 0.15) is 16.7 Å². The lowest BCUT2D eigenvalue weighted by Gasteiger charge is -2.31. The number of nitrogens with zero attached hydrogens (tertiary/aromatic N) is 2. The molecular weight excluding hydrogens is 430 g/mol. The van der Waals surface area contributed by atoms with Crippen LogP contribution in [-0.4, -0.2) is 40.8 Å². The minimum atomic E-state index is -0.819. The van der Waals surface area contributed by atoms with Crippen LogP contribution in [0, 0.1) is 0 Å². The highest BCUT2D eigenvalue weighted by Gasteiger charge is 2.33. The molecule has 172 valence electrons. The van der Waals surface area contributed by atoms with E-state index in [2.05, 4.69) is 9.69 Å². The normalized spacial score (nSPS) is 15.1. The van der Waals surface area contributed by atoms with Gasteiger partial charge in [-0.25, -0.2) is 0 Å². The number of benzene rings is 1. The molecule has 32 heavy (non-hydrogen) atoms. The fourth-order valence-electron chi connectivity index (χ4n) is 3.81. The van der Waals surface area contributed by atoms with Gasteiger partial charge in [-0.15, -0.1) is 0 Å². The molecule has 1 aromatic heterocycles. The van der Waals surface area contributed by atoms with Crippen molar-refractivity contribution in [2.24, 2.45) is 5.73 Å². The second kappa shape index (κ2) is 10.4. The Morgan fingerprint density at radius 3 is 2.44 bits per heavy atom. The Labute approximate surface area is 191 Å². The zero-order valence-corrected chi connectivity index (χ0v) is 19.1. The third kappa shape index (κ3) is 5.18. The summed E-state index contributed by atoms with van der Waals surface area (Å²) >= 11 is 0.788. The number of nitrogens with one attached hydrogen (secondary N) is 1. The SMILES string of the molecule is CCOc1ccc(N(C(=O)c2snc(C(N)=O)c2N)[C@H](C)C(=O)NC2CCCCC2)cc1. The highest BCUT2D eigenvalue weighted by molar-refractivity contribution is 7.09. The molecule has 3 rings (SSSR count). The van der Waals surface area contributed by atoms with E-state index in [0.717, 1.165) is 37.2 Å². The molecule has 1 aliphatic rings. The Kier molecular flexibility index (Phi) is 7.68. The van der Waals surface area contributed by atoms with Crippen molar-refractivity contribution in [3.8, 4) is 5.75 Å². The summed E-state index contributed by atoms with van der Waals surface area (Å²) in [6.07, 6.45) is 5.19. The van der Waals surface area contributed by atoms with Gasteiger partial charge in [0.15, 0.2) is 5.69 Å². The van der Waals surface area contributed by atoms with Crippen LogP contribution < -0.4 is 26.4 Å². The largest absolute Gasteiger partial charge is 0.494 e. The fourth-order valence-corrected chi connectivity index (χ4v) is 4.55. The summed E-state index contributed by atoms with van der Waals surface area (Å²) in [5.74, 6) is -0.940. The minimum Gasteiger partial charge on any atom is -0.494 e. The molecule has 2 aromatic rings. The van der Waals surface area contributed by atoms with Crippen LogP contribution in [0.5, 0.6) is 5.75 Å². The fraction of sp³-hybridized carbons (Fsp3) is 0.455. The molecule has 1 saturated carbocycles. The van der Waals surface area contributed by atoms with Crippen molar-refractivity contribution in [1.82, 2.24) is 9.69 Å². The highest BCUT2D eigenvalue weighted by Crippen LogP contribution is 2.29. The van der Waals surface area contributed by atoms with Crippen molar-refractivity contribution in [2.45, 2.75) is 58.0 Å². The third-order valence-corrected chi connectivity index (χ3v) is 6.37. The molecule has 10 heteroatoms.